The van der Waals surface area contributed by atoms with Crippen LogP contribution in [0.2, 0.25) is 0 Å². The highest BCUT2D eigenvalue weighted by molar-refractivity contribution is 5.76. The quantitative estimate of drug-likeness (QED) is 0.748. The lowest BCUT2D eigenvalue weighted by Crippen LogP contribution is -2.54. The van der Waals surface area contributed by atoms with Gasteiger partial charge in [0.2, 0.25) is 5.91 Å². The van der Waals surface area contributed by atoms with Crippen LogP contribution in [-0.2, 0) is 9.53 Å². The van der Waals surface area contributed by atoms with Crippen molar-refractivity contribution in [3.63, 3.8) is 0 Å². The van der Waals surface area contributed by atoms with Gasteiger partial charge in [-0.2, -0.15) is 0 Å². The second-order valence-electron chi connectivity index (χ2n) is 5.45. The highest BCUT2D eigenvalue weighted by Gasteiger charge is 2.28. The van der Waals surface area contributed by atoms with Crippen molar-refractivity contribution in [1.29, 1.82) is 0 Å². The lowest BCUT2D eigenvalue weighted by atomic mass is 10.1. The van der Waals surface area contributed by atoms with Crippen molar-refractivity contribution in [2.45, 2.75) is 38.8 Å². The minimum Gasteiger partial charge on any atom is -0.444 e. The predicted octanol–water partition coefficient (Wildman–Crippen LogP) is 0.331. The first kappa shape index (κ1) is 14.8. The molecular formula is C12H23N3O3. The van der Waals surface area contributed by atoms with Crippen molar-refractivity contribution in [2.75, 3.05) is 26.7 Å². The molecule has 6 nitrogen and oxygen atoms in total. The zero-order valence-corrected chi connectivity index (χ0v) is 11.6. The Kier molecular flexibility index (Phi) is 4.95. The van der Waals surface area contributed by atoms with Gasteiger partial charge in [0, 0.05) is 39.1 Å². The molecule has 1 aliphatic heterocycles. The third-order valence-corrected chi connectivity index (χ3v) is 2.62. The maximum Gasteiger partial charge on any atom is 0.410 e. The SMILES string of the molecule is CNC(=O)CC1CN(C(=O)OC(C)(C)C)CCN1. The Morgan fingerprint density at radius 1 is 1.44 bits per heavy atom. The average molecular weight is 257 g/mol. The summed E-state index contributed by atoms with van der Waals surface area (Å²) in [6, 6.07) is -0.00813. The van der Waals surface area contributed by atoms with Crippen LogP contribution in [0.4, 0.5) is 4.79 Å². The number of hydrogen-bond donors (Lipinski definition) is 2. The van der Waals surface area contributed by atoms with Crippen LogP contribution in [0.3, 0.4) is 0 Å². The molecule has 6 heteroatoms. The lowest BCUT2D eigenvalue weighted by Gasteiger charge is -2.34. The van der Waals surface area contributed by atoms with Crippen LogP contribution in [0.15, 0.2) is 0 Å². The van der Waals surface area contributed by atoms with Crippen molar-refractivity contribution >= 4 is 12.0 Å². The fourth-order valence-electron chi connectivity index (χ4n) is 1.78. The topological polar surface area (TPSA) is 70.7 Å². The van der Waals surface area contributed by atoms with Crippen molar-refractivity contribution in [3.8, 4) is 0 Å². The molecule has 2 N–H and O–H groups in total. The molecule has 0 saturated carbocycles. The average Bonchev–Trinajstić information content (AvgIpc) is 2.27. The molecule has 1 atom stereocenters. The van der Waals surface area contributed by atoms with Crippen LogP contribution in [0.5, 0.6) is 0 Å². The highest BCUT2D eigenvalue weighted by atomic mass is 16.6. The summed E-state index contributed by atoms with van der Waals surface area (Å²) in [7, 11) is 1.61. The van der Waals surface area contributed by atoms with E-state index in [9.17, 15) is 9.59 Å². The number of ether oxygens (including phenoxy) is 1. The zero-order chi connectivity index (χ0) is 13.8. The Balaban J connectivity index is 2.48. The van der Waals surface area contributed by atoms with Crippen LogP contribution < -0.4 is 10.6 Å². The summed E-state index contributed by atoms with van der Waals surface area (Å²) in [5.74, 6) is -0.0291. The minimum absolute atomic E-state index is 0.00813. The number of hydrogen-bond acceptors (Lipinski definition) is 4. The number of carbonyl (C=O) groups excluding carboxylic acids is 2. The molecule has 0 spiro atoms. The lowest BCUT2D eigenvalue weighted by molar-refractivity contribution is -0.121. The molecule has 1 aliphatic rings. The Bertz CT molecular complexity index is 312. The van der Waals surface area contributed by atoms with E-state index >= 15 is 0 Å². The number of nitrogens with zero attached hydrogens (tertiary/aromatic N) is 1. The van der Waals surface area contributed by atoms with E-state index in [0.29, 0.717) is 26.1 Å². The van der Waals surface area contributed by atoms with Gasteiger partial charge in [0.1, 0.15) is 5.60 Å². The van der Waals surface area contributed by atoms with Gasteiger partial charge in [-0.15, -0.1) is 0 Å². The van der Waals surface area contributed by atoms with Crippen molar-refractivity contribution in [3.05, 3.63) is 0 Å². The van der Waals surface area contributed by atoms with E-state index in [0.717, 1.165) is 0 Å². The molecule has 0 bridgehead atoms. The third-order valence-electron chi connectivity index (χ3n) is 2.62. The molecule has 0 aromatic rings. The Morgan fingerprint density at radius 3 is 2.67 bits per heavy atom. The highest BCUT2D eigenvalue weighted by Crippen LogP contribution is 2.12. The van der Waals surface area contributed by atoms with Crippen molar-refractivity contribution in [1.82, 2.24) is 15.5 Å². The molecule has 1 fully saturated rings. The Morgan fingerprint density at radius 2 is 2.11 bits per heavy atom. The molecule has 1 rings (SSSR count). The van der Waals surface area contributed by atoms with E-state index in [1.54, 1.807) is 11.9 Å². The number of amides is 2. The molecule has 0 aromatic carbocycles. The van der Waals surface area contributed by atoms with E-state index in [1.165, 1.54) is 0 Å². The second-order valence-corrected chi connectivity index (χ2v) is 5.45. The summed E-state index contributed by atoms with van der Waals surface area (Å²) in [6.07, 6.45) is 0.0569. The normalized spacial score (nSPS) is 20.4. The molecule has 1 saturated heterocycles. The fraction of sp³-hybridized carbons (Fsp3) is 0.833. The van der Waals surface area contributed by atoms with E-state index in [-0.39, 0.29) is 18.0 Å². The minimum atomic E-state index is -0.488. The maximum atomic E-state index is 11.9. The van der Waals surface area contributed by atoms with Gasteiger partial charge < -0.3 is 20.3 Å². The van der Waals surface area contributed by atoms with Crippen molar-refractivity contribution in [2.24, 2.45) is 0 Å². The predicted molar refractivity (Wildman–Crippen MR) is 68.3 cm³/mol. The Labute approximate surface area is 108 Å². The monoisotopic (exact) mass is 257 g/mol. The Hall–Kier alpha value is -1.30. The van der Waals surface area contributed by atoms with Gasteiger partial charge in [-0.3, -0.25) is 4.79 Å². The van der Waals surface area contributed by atoms with Gasteiger partial charge in [-0.1, -0.05) is 0 Å². The molecule has 2 amide bonds. The van der Waals surface area contributed by atoms with Crippen molar-refractivity contribution < 1.29 is 14.3 Å². The molecule has 0 aliphatic carbocycles. The van der Waals surface area contributed by atoms with Crippen LogP contribution in [0.1, 0.15) is 27.2 Å². The zero-order valence-electron chi connectivity index (χ0n) is 11.6. The number of rotatable bonds is 2. The number of nitrogens with one attached hydrogen (secondary N) is 2. The smallest absolute Gasteiger partial charge is 0.410 e. The van der Waals surface area contributed by atoms with E-state index in [2.05, 4.69) is 10.6 Å². The number of carbonyl (C=O) groups is 2. The van der Waals surface area contributed by atoms with Gasteiger partial charge in [-0.05, 0) is 20.8 Å². The first-order valence-corrected chi connectivity index (χ1v) is 6.23. The van der Waals surface area contributed by atoms with Gasteiger partial charge in [0.25, 0.3) is 0 Å². The van der Waals surface area contributed by atoms with Gasteiger partial charge in [0.15, 0.2) is 0 Å². The molecule has 104 valence electrons. The summed E-state index contributed by atoms with van der Waals surface area (Å²) in [5.41, 5.74) is -0.488. The van der Waals surface area contributed by atoms with E-state index < -0.39 is 5.60 Å². The molecule has 18 heavy (non-hydrogen) atoms. The van der Waals surface area contributed by atoms with E-state index in [1.807, 2.05) is 20.8 Å². The first-order valence-electron chi connectivity index (χ1n) is 6.23. The standard InChI is InChI=1S/C12H23N3O3/c1-12(2,3)18-11(17)15-6-5-14-9(8-15)7-10(16)13-4/h9,14H,5-8H2,1-4H3,(H,13,16). The van der Waals surface area contributed by atoms with Crippen LogP contribution in [0, 0.1) is 0 Å². The number of piperazine rings is 1. The molecule has 0 aromatic heterocycles. The molecular weight excluding hydrogens is 234 g/mol. The maximum absolute atomic E-state index is 11.9. The molecule has 1 heterocycles. The van der Waals surface area contributed by atoms with Crippen LogP contribution >= 0.6 is 0 Å². The second kappa shape index (κ2) is 6.04. The summed E-state index contributed by atoms with van der Waals surface area (Å²) >= 11 is 0. The fourth-order valence-corrected chi connectivity index (χ4v) is 1.78. The molecule has 1 unspecified atom stereocenters. The van der Waals surface area contributed by atoms with Crippen LogP contribution in [0.25, 0.3) is 0 Å². The summed E-state index contributed by atoms with van der Waals surface area (Å²) in [6.45, 7) is 7.32. The van der Waals surface area contributed by atoms with Crippen LogP contribution in [-0.4, -0.2) is 55.2 Å². The van der Waals surface area contributed by atoms with Gasteiger partial charge in [-0.25, -0.2) is 4.79 Å². The largest absolute Gasteiger partial charge is 0.444 e. The summed E-state index contributed by atoms with van der Waals surface area (Å²) < 4.78 is 5.32. The summed E-state index contributed by atoms with van der Waals surface area (Å²) in [5, 5.41) is 5.80. The third kappa shape index (κ3) is 4.91. The van der Waals surface area contributed by atoms with Gasteiger partial charge >= 0.3 is 6.09 Å². The molecule has 0 radical (unpaired) electrons. The summed E-state index contributed by atoms with van der Waals surface area (Å²) in [4.78, 5) is 24.8. The van der Waals surface area contributed by atoms with E-state index in [4.69, 9.17) is 4.74 Å². The van der Waals surface area contributed by atoms with Gasteiger partial charge in [0.05, 0.1) is 0 Å². The first-order chi connectivity index (χ1) is 8.31.